The number of nitrogens with one attached hydrogen (secondary N) is 4. The molecule has 2 rings (SSSR count). The van der Waals surface area contributed by atoms with Gasteiger partial charge in [-0.05, 0) is 101 Å². The normalized spacial score (nSPS) is 14.6. The number of hydrogen-bond donors (Lipinski definition) is 10. The standard InChI is InChI=1S/C36H66N10O6S2/c37-13-5-1-9-27(39)33(47)43-15-7-3-11-29(41)35(49)45-17-19-51-31-21-25-23-53-54-24-26(25)22-32(31)52-20-18-46-36(50)30(42)12-4-8-16-44-34(48)28(40)10-2-6-14-38/h21-22,27-30H,1-20,23-24,37-42H2,(H,43,47)(H,44,48)(H,45,49)(H,46,50)/t27-,28-,29-,30-/m0/s1. The van der Waals surface area contributed by atoms with Gasteiger partial charge in [-0.25, -0.2) is 0 Å². The van der Waals surface area contributed by atoms with Crippen LogP contribution in [0.1, 0.15) is 88.2 Å². The predicted octanol–water partition coefficient (Wildman–Crippen LogP) is 0.212. The quantitative estimate of drug-likeness (QED) is 0.0368. The molecule has 1 heterocycles. The van der Waals surface area contributed by atoms with Gasteiger partial charge in [-0.2, -0.15) is 0 Å². The molecule has 18 heteroatoms. The highest BCUT2D eigenvalue weighted by Gasteiger charge is 2.19. The van der Waals surface area contributed by atoms with Crippen LogP contribution in [0.15, 0.2) is 12.1 Å². The van der Waals surface area contributed by atoms with Crippen LogP contribution >= 0.6 is 21.6 Å². The number of carbonyl (C=O) groups is 4. The number of amides is 4. The largest absolute Gasteiger partial charge is 0.488 e. The van der Waals surface area contributed by atoms with Crippen LogP contribution in [0.2, 0.25) is 0 Å². The van der Waals surface area contributed by atoms with E-state index in [9.17, 15) is 19.2 Å². The first-order valence-corrected chi connectivity index (χ1v) is 21.7. The summed E-state index contributed by atoms with van der Waals surface area (Å²) in [5.41, 5.74) is 37.3. The minimum Gasteiger partial charge on any atom is -0.488 e. The molecule has 0 saturated heterocycles. The van der Waals surface area contributed by atoms with Crippen molar-refractivity contribution in [2.75, 3.05) is 52.5 Å². The Morgan fingerprint density at radius 1 is 0.519 bits per heavy atom. The Morgan fingerprint density at radius 3 is 1.17 bits per heavy atom. The zero-order valence-electron chi connectivity index (χ0n) is 31.8. The summed E-state index contributed by atoms with van der Waals surface area (Å²) in [6, 6.07) is 1.53. The first-order valence-electron chi connectivity index (χ1n) is 19.3. The summed E-state index contributed by atoms with van der Waals surface area (Å²) in [6.07, 6.45) is 8.24. The van der Waals surface area contributed by atoms with E-state index in [1.807, 2.05) is 12.1 Å². The average molecular weight is 799 g/mol. The van der Waals surface area contributed by atoms with Gasteiger partial charge < -0.3 is 65.1 Å². The third-order valence-corrected chi connectivity index (χ3v) is 11.1. The lowest BCUT2D eigenvalue weighted by Gasteiger charge is -2.20. The van der Waals surface area contributed by atoms with Crippen LogP contribution in [0, 0.1) is 0 Å². The van der Waals surface area contributed by atoms with Gasteiger partial charge in [0, 0.05) is 24.6 Å². The molecule has 4 amide bonds. The van der Waals surface area contributed by atoms with E-state index in [1.165, 1.54) is 11.1 Å². The average Bonchev–Trinajstić information content (AvgIpc) is 3.17. The molecule has 16 nitrogen and oxygen atoms in total. The lowest BCUT2D eigenvalue weighted by molar-refractivity contribution is -0.123. The van der Waals surface area contributed by atoms with Crippen LogP contribution in [-0.2, 0) is 30.7 Å². The lowest BCUT2D eigenvalue weighted by atomic mass is 10.1. The number of hydrogen-bond acceptors (Lipinski definition) is 14. The number of carbonyl (C=O) groups excluding carboxylic acids is 4. The number of rotatable bonds is 30. The van der Waals surface area contributed by atoms with Crippen molar-refractivity contribution >= 4 is 45.2 Å². The van der Waals surface area contributed by atoms with Gasteiger partial charge in [-0.1, -0.05) is 34.4 Å². The molecule has 16 N–H and O–H groups in total. The van der Waals surface area contributed by atoms with Gasteiger partial charge in [0.15, 0.2) is 11.5 Å². The smallest absolute Gasteiger partial charge is 0.237 e. The predicted molar refractivity (Wildman–Crippen MR) is 217 cm³/mol. The highest BCUT2D eigenvalue weighted by Crippen LogP contribution is 2.41. The fraction of sp³-hybridized carbons (Fsp3) is 0.722. The molecule has 308 valence electrons. The van der Waals surface area contributed by atoms with Crippen molar-refractivity contribution in [3.8, 4) is 11.5 Å². The van der Waals surface area contributed by atoms with E-state index in [2.05, 4.69) is 21.3 Å². The molecular weight excluding hydrogens is 733 g/mol. The maximum Gasteiger partial charge on any atom is 0.237 e. The molecule has 1 aromatic carbocycles. The number of ether oxygens (including phenoxy) is 2. The number of fused-ring (bicyclic) bond motifs is 1. The molecule has 1 aliphatic heterocycles. The summed E-state index contributed by atoms with van der Waals surface area (Å²) >= 11 is 0. The fourth-order valence-corrected chi connectivity index (χ4v) is 7.71. The summed E-state index contributed by atoms with van der Waals surface area (Å²) in [7, 11) is 3.55. The van der Waals surface area contributed by atoms with Crippen LogP contribution in [0.5, 0.6) is 11.5 Å². The monoisotopic (exact) mass is 798 g/mol. The van der Waals surface area contributed by atoms with Crippen LogP contribution in [0.3, 0.4) is 0 Å². The number of nitrogens with two attached hydrogens (primary N) is 6. The minimum absolute atomic E-state index is 0.175. The molecule has 1 aromatic rings. The zero-order chi connectivity index (χ0) is 39.6. The molecule has 0 bridgehead atoms. The van der Waals surface area contributed by atoms with Gasteiger partial charge in [0.2, 0.25) is 23.6 Å². The van der Waals surface area contributed by atoms with Crippen LogP contribution in [0.25, 0.3) is 0 Å². The van der Waals surface area contributed by atoms with E-state index in [1.54, 1.807) is 21.6 Å². The summed E-state index contributed by atoms with van der Waals surface area (Å²) < 4.78 is 12.1. The second kappa shape index (κ2) is 28.6. The van der Waals surface area contributed by atoms with E-state index in [4.69, 9.17) is 43.9 Å². The highest BCUT2D eigenvalue weighted by molar-refractivity contribution is 8.76. The topological polar surface area (TPSA) is 291 Å². The summed E-state index contributed by atoms with van der Waals surface area (Å²) in [4.78, 5) is 49.3. The number of benzene rings is 1. The lowest BCUT2D eigenvalue weighted by Crippen LogP contribution is -2.42. The fourth-order valence-electron chi connectivity index (χ4n) is 5.49. The molecule has 0 spiro atoms. The molecule has 0 unspecified atom stereocenters. The molecule has 0 saturated carbocycles. The Hall–Kier alpha value is -2.84. The van der Waals surface area contributed by atoms with Crippen LogP contribution in [-0.4, -0.2) is 100 Å². The summed E-state index contributed by atoms with van der Waals surface area (Å²) in [5, 5.41) is 11.3. The second-order valence-corrected chi connectivity index (χ2v) is 15.9. The van der Waals surface area contributed by atoms with E-state index < -0.39 is 24.2 Å². The third kappa shape index (κ3) is 19.7. The van der Waals surface area contributed by atoms with Gasteiger partial charge in [-0.3, -0.25) is 19.2 Å². The van der Waals surface area contributed by atoms with Crippen molar-refractivity contribution in [1.82, 2.24) is 21.3 Å². The molecule has 1 aliphatic rings. The summed E-state index contributed by atoms with van der Waals surface area (Å²) in [5.74, 6) is 1.93. The first kappa shape index (κ1) is 47.3. The molecule has 0 fully saturated rings. The molecule has 54 heavy (non-hydrogen) atoms. The second-order valence-electron chi connectivity index (χ2n) is 13.4. The Labute approximate surface area is 328 Å². The molecule has 0 aliphatic carbocycles. The SMILES string of the molecule is NCCCC[C@H](N)C(=O)NCCCC[C@H](N)C(=O)NCCOc1cc2c(cc1OCCNC(=O)[C@@H](N)CCCCNC(=O)[C@@H](N)CCCCN)CSSC2. The molecular formula is C36H66N10O6S2. The molecule has 4 atom stereocenters. The van der Waals surface area contributed by atoms with Gasteiger partial charge in [-0.15, -0.1) is 0 Å². The van der Waals surface area contributed by atoms with Crippen molar-refractivity contribution in [2.24, 2.45) is 34.4 Å². The Balaban J connectivity index is 1.68. The Bertz CT molecular complexity index is 1170. The van der Waals surface area contributed by atoms with Crippen LogP contribution in [0.4, 0.5) is 0 Å². The highest BCUT2D eigenvalue weighted by atomic mass is 33.1. The molecule has 0 radical (unpaired) electrons. The van der Waals surface area contributed by atoms with Crippen molar-refractivity contribution in [3.05, 3.63) is 23.3 Å². The van der Waals surface area contributed by atoms with E-state index in [0.717, 1.165) is 37.2 Å². The van der Waals surface area contributed by atoms with Gasteiger partial charge in [0.1, 0.15) is 13.2 Å². The van der Waals surface area contributed by atoms with Crippen molar-refractivity contribution in [2.45, 2.75) is 113 Å². The molecule has 0 aromatic heterocycles. The van der Waals surface area contributed by atoms with Crippen molar-refractivity contribution in [3.63, 3.8) is 0 Å². The van der Waals surface area contributed by atoms with E-state index in [0.29, 0.717) is 89.0 Å². The third-order valence-electron chi connectivity index (χ3n) is 8.86. The Morgan fingerprint density at radius 2 is 0.833 bits per heavy atom. The first-order chi connectivity index (χ1) is 26.1. The van der Waals surface area contributed by atoms with Crippen LogP contribution < -0.4 is 65.1 Å². The summed E-state index contributed by atoms with van der Waals surface area (Å²) in [6.45, 7) is 3.06. The van der Waals surface area contributed by atoms with E-state index >= 15 is 0 Å². The van der Waals surface area contributed by atoms with Gasteiger partial charge >= 0.3 is 0 Å². The maximum absolute atomic E-state index is 12.6. The van der Waals surface area contributed by atoms with Gasteiger partial charge in [0.05, 0.1) is 37.3 Å². The zero-order valence-corrected chi connectivity index (χ0v) is 33.4. The van der Waals surface area contributed by atoms with Crippen molar-refractivity contribution < 1.29 is 28.7 Å². The maximum atomic E-state index is 12.6. The number of unbranched alkanes of at least 4 members (excludes halogenated alkanes) is 4. The van der Waals surface area contributed by atoms with Gasteiger partial charge in [0.25, 0.3) is 0 Å². The Kier molecular flexibility index (Phi) is 25.0. The minimum atomic E-state index is -0.673. The van der Waals surface area contributed by atoms with E-state index in [-0.39, 0.29) is 49.9 Å². The van der Waals surface area contributed by atoms with Crippen molar-refractivity contribution in [1.29, 1.82) is 0 Å².